The SMILES string of the molecule is CCOC(=O)c1ccc(-c2ccc(/C=N\NC(=O)[C@@H](O)c3ccccc3)o2)cc1. The average Bonchev–Trinajstić information content (AvgIpc) is 3.23. The molecule has 0 fully saturated rings. The summed E-state index contributed by atoms with van der Waals surface area (Å²) in [5.41, 5.74) is 4.00. The van der Waals surface area contributed by atoms with Crippen LogP contribution in [0.5, 0.6) is 0 Å². The molecule has 0 bridgehead atoms. The van der Waals surface area contributed by atoms with Crippen LogP contribution in [0.15, 0.2) is 76.2 Å². The topological polar surface area (TPSA) is 101 Å². The average molecular weight is 392 g/mol. The first-order valence-corrected chi connectivity index (χ1v) is 9.02. The Morgan fingerprint density at radius 3 is 2.52 bits per heavy atom. The Labute approximate surface area is 167 Å². The van der Waals surface area contributed by atoms with E-state index in [1.807, 2.05) is 0 Å². The number of ether oxygens (including phenoxy) is 1. The van der Waals surface area contributed by atoms with Crippen LogP contribution in [0, 0.1) is 0 Å². The minimum absolute atomic E-state index is 0.320. The lowest BCUT2D eigenvalue weighted by Gasteiger charge is -2.08. The predicted molar refractivity (Wildman–Crippen MR) is 107 cm³/mol. The maximum absolute atomic E-state index is 12.0. The number of carbonyl (C=O) groups excluding carboxylic acids is 2. The van der Waals surface area contributed by atoms with E-state index in [-0.39, 0.29) is 5.97 Å². The molecule has 0 saturated carbocycles. The maximum Gasteiger partial charge on any atom is 0.338 e. The predicted octanol–water partition coefficient (Wildman–Crippen LogP) is 3.31. The number of nitrogens with zero attached hydrogens (tertiary/aromatic N) is 1. The fourth-order valence-corrected chi connectivity index (χ4v) is 2.57. The number of amides is 1. The fraction of sp³-hybridized carbons (Fsp3) is 0.136. The lowest BCUT2D eigenvalue weighted by molar-refractivity contribution is -0.129. The van der Waals surface area contributed by atoms with Crippen LogP contribution in [0.4, 0.5) is 0 Å². The molecule has 0 saturated heterocycles. The number of esters is 1. The molecule has 148 valence electrons. The zero-order chi connectivity index (χ0) is 20.6. The number of benzene rings is 2. The van der Waals surface area contributed by atoms with Gasteiger partial charge in [0, 0.05) is 5.56 Å². The molecule has 1 aromatic heterocycles. The molecule has 1 heterocycles. The first kappa shape index (κ1) is 20.0. The summed E-state index contributed by atoms with van der Waals surface area (Å²) >= 11 is 0. The quantitative estimate of drug-likeness (QED) is 0.365. The Kier molecular flexibility index (Phi) is 6.55. The van der Waals surface area contributed by atoms with E-state index in [1.54, 1.807) is 73.7 Å². The van der Waals surface area contributed by atoms with Gasteiger partial charge in [0.2, 0.25) is 0 Å². The van der Waals surface area contributed by atoms with Gasteiger partial charge in [0.1, 0.15) is 11.5 Å². The van der Waals surface area contributed by atoms with Gasteiger partial charge in [-0.2, -0.15) is 5.10 Å². The van der Waals surface area contributed by atoms with Crippen molar-refractivity contribution in [3.8, 4) is 11.3 Å². The van der Waals surface area contributed by atoms with Crippen molar-refractivity contribution in [2.45, 2.75) is 13.0 Å². The van der Waals surface area contributed by atoms with Crippen LogP contribution in [0.3, 0.4) is 0 Å². The highest BCUT2D eigenvalue weighted by Gasteiger charge is 2.16. The Morgan fingerprint density at radius 2 is 1.83 bits per heavy atom. The smallest absolute Gasteiger partial charge is 0.338 e. The first-order chi connectivity index (χ1) is 14.1. The molecule has 0 aliphatic rings. The number of hydrogen-bond donors (Lipinski definition) is 2. The molecule has 0 spiro atoms. The van der Waals surface area contributed by atoms with Gasteiger partial charge in [-0.3, -0.25) is 4.79 Å². The molecule has 7 nitrogen and oxygen atoms in total. The van der Waals surface area contributed by atoms with E-state index in [2.05, 4.69) is 10.5 Å². The molecule has 2 aromatic carbocycles. The molecule has 1 atom stereocenters. The van der Waals surface area contributed by atoms with E-state index < -0.39 is 12.0 Å². The molecule has 0 aliphatic heterocycles. The Balaban J connectivity index is 1.60. The number of hydrogen-bond acceptors (Lipinski definition) is 6. The second-order valence-electron chi connectivity index (χ2n) is 6.05. The molecule has 0 unspecified atom stereocenters. The summed E-state index contributed by atoms with van der Waals surface area (Å²) in [6.07, 6.45) is 0.0324. The van der Waals surface area contributed by atoms with Gasteiger partial charge in [-0.1, -0.05) is 42.5 Å². The molecule has 7 heteroatoms. The van der Waals surface area contributed by atoms with Gasteiger partial charge in [0.25, 0.3) is 5.91 Å². The maximum atomic E-state index is 12.0. The number of aliphatic hydroxyl groups is 1. The molecule has 1 amide bonds. The van der Waals surface area contributed by atoms with Crippen LogP contribution in [-0.2, 0) is 9.53 Å². The molecule has 3 rings (SSSR count). The minimum Gasteiger partial charge on any atom is -0.462 e. The van der Waals surface area contributed by atoms with E-state index in [0.717, 1.165) is 5.56 Å². The number of hydrazone groups is 1. The Bertz CT molecular complexity index is 994. The molecule has 2 N–H and O–H groups in total. The monoisotopic (exact) mass is 392 g/mol. The van der Waals surface area contributed by atoms with E-state index in [4.69, 9.17) is 9.15 Å². The van der Waals surface area contributed by atoms with Gasteiger partial charge in [0.15, 0.2) is 6.10 Å². The van der Waals surface area contributed by atoms with Crippen LogP contribution in [0.2, 0.25) is 0 Å². The van der Waals surface area contributed by atoms with Crippen molar-refractivity contribution in [2.75, 3.05) is 6.61 Å². The van der Waals surface area contributed by atoms with Gasteiger partial charge in [0.05, 0.1) is 18.4 Å². The number of carbonyl (C=O) groups is 2. The third kappa shape index (κ3) is 5.18. The van der Waals surface area contributed by atoms with E-state index in [9.17, 15) is 14.7 Å². The summed E-state index contributed by atoms with van der Waals surface area (Å²) in [6, 6.07) is 18.8. The summed E-state index contributed by atoms with van der Waals surface area (Å²) in [6.45, 7) is 2.07. The van der Waals surface area contributed by atoms with Crippen molar-refractivity contribution < 1.29 is 23.8 Å². The summed E-state index contributed by atoms with van der Waals surface area (Å²) in [7, 11) is 0. The summed E-state index contributed by atoms with van der Waals surface area (Å²) in [5, 5.41) is 13.8. The highest BCUT2D eigenvalue weighted by atomic mass is 16.5. The fourth-order valence-electron chi connectivity index (χ4n) is 2.57. The van der Waals surface area contributed by atoms with Gasteiger partial charge in [-0.15, -0.1) is 0 Å². The largest absolute Gasteiger partial charge is 0.462 e. The number of aliphatic hydroxyl groups excluding tert-OH is 1. The van der Waals surface area contributed by atoms with Crippen molar-refractivity contribution in [2.24, 2.45) is 5.10 Å². The highest BCUT2D eigenvalue weighted by molar-refractivity contribution is 5.90. The molecule has 3 aromatic rings. The molecular formula is C22H20N2O5. The molecule has 0 radical (unpaired) electrons. The van der Waals surface area contributed by atoms with Gasteiger partial charge >= 0.3 is 5.97 Å². The first-order valence-electron chi connectivity index (χ1n) is 9.02. The number of furan rings is 1. The lowest BCUT2D eigenvalue weighted by atomic mass is 10.1. The summed E-state index contributed by atoms with van der Waals surface area (Å²) < 4.78 is 10.6. The van der Waals surface area contributed by atoms with Crippen LogP contribution >= 0.6 is 0 Å². The van der Waals surface area contributed by atoms with E-state index >= 15 is 0 Å². The van der Waals surface area contributed by atoms with Crippen molar-refractivity contribution in [3.63, 3.8) is 0 Å². The van der Waals surface area contributed by atoms with E-state index in [1.165, 1.54) is 6.21 Å². The van der Waals surface area contributed by atoms with Crippen molar-refractivity contribution in [3.05, 3.63) is 83.6 Å². The summed E-state index contributed by atoms with van der Waals surface area (Å²) in [5.74, 6) is -0.0185. The lowest BCUT2D eigenvalue weighted by Crippen LogP contribution is -2.25. The van der Waals surface area contributed by atoms with Crippen LogP contribution in [-0.4, -0.2) is 29.8 Å². The molecule has 29 heavy (non-hydrogen) atoms. The second kappa shape index (κ2) is 9.48. The van der Waals surface area contributed by atoms with Crippen molar-refractivity contribution in [1.29, 1.82) is 0 Å². The van der Waals surface area contributed by atoms with Crippen LogP contribution in [0.25, 0.3) is 11.3 Å². The number of nitrogens with one attached hydrogen (secondary N) is 1. The van der Waals surface area contributed by atoms with Crippen molar-refractivity contribution >= 4 is 18.1 Å². The normalized spacial score (nSPS) is 11.9. The van der Waals surface area contributed by atoms with Crippen molar-refractivity contribution in [1.82, 2.24) is 5.43 Å². The van der Waals surface area contributed by atoms with Gasteiger partial charge < -0.3 is 14.3 Å². The molecule has 0 aliphatic carbocycles. The zero-order valence-electron chi connectivity index (χ0n) is 15.7. The highest BCUT2D eigenvalue weighted by Crippen LogP contribution is 2.22. The standard InChI is InChI=1S/C22H20N2O5/c1-2-28-22(27)17-10-8-15(9-11-17)19-13-12-18(29-19)14-23-24-21(26)20(25)16-6-4-3-5-7-16/h3-14,20,25H,2H2,1H3,(H,24,26)/b23-14-/t20-/m0/s1. The number of rotatable bonds is 7. The Hall–Kier alpha value is -3.71. The zero-order valence-corrected chi connectivity index (χ0v) is 15.7. The van der Waals surface area contributed by atoms with Crippen LogP contribution in [0.1, 0.15) is 34.7 Å². The van der Waals surface area contributed by atoms with Crippen LogP contribution < -0.4 is 5.43 Å². The second-order valence-corrected chi connectivity index (χ2v) is 6.05. The third-order valence-corrected chi connectivity index (χ3v) is 4.04. The minimum atomic E-state index is -1.31. The van der Waals surface area contributed by atoms with E-state index in [0.29, 0.717) is 29.3 Å². The molecular weight excluding hydrogens is 372 g/mol. The summed E-state index contributed by atoms with van der Waals surface area (Å²) in [4.78, 5) is 23.6. The Morgan fingerprint density at radius 1 is 1.10 bits per heavy atom. The third-order valence-electron chi connectivity index (χ3n) is 4.04. The van der Waals surface area contributed by atoms with Gasteiger partial charge in [-0.25, -0.2) is 10.2 Å². The van der Waals surface area contributed by atoms with Gasteiger partial charge in [-0.05, 0) is 36.8 Å².